The van der Waals surface area contributed by atoms with Gasteiger partial charge in [0.05, 0.1) is 15.8 Å². The third-order valence-corrected chi connectivity index (χ3v) is 7.28. The Morgan fingerprint density at radius 1 is 1.07 bits per heavy atom. The lowest BCUT2D eigenvalue weighted by molar-refractivity contribution is -0.123. The summed E-state index contributed by atoms with van der Waals surface area (Å²) in [5.41, 5.74) is 1.57. The van der Waals surface area contributed by atoms with Gasteiger partial charge in [-0.2, -0.15) is 4.31 Å². The highest BCUT2D eigenvalue weighted by molar-refractivity contribution is 8.17. The zero-order chi connectivity index (χ0) is 19.4. The molecule has 7 heteroatoms. The van der Waals surface area contributed by atoms with Crippen molar-refractivity contribution in [1.29, 1.82) is 0 Å². The maximum atomic E-state index is 13.2. The summed E-state index contributed by atoms with van der Waals surface area (Å²) >= 11 is 1.23. The highest BCUT2D eigenvalue weighted by Crippen LogP contribution is 2.36. The summed E-state index contributed by atoms with van der Waals surface area (Å²) in [5, 5.41) is -0.208. The molecule has 0 radical (unpaired) electrons. The van der Waals surface area contributed by atoms with Crippen LogP contribution in [0, 0.1) is 6.92 Å². The van der Waals surface area contributed by atoms with E-state index in [1.165, 1.54) is 23.9 Å². The van der Waals surface area contributed by atoms with Crippen LogP contribution in [-0.2, 0) is 14.8 Å². The average Bonchev–Trinajstić information content (AvgIpc) is 2.97. The van der Waals surface area contributed by atoms with Crippen molar-refractivity contribution >= 4 is 38.5 Å². The molecule has 0 aromatic heterocycles. The highest BCUT2D eigenvalue weighted by atomic mass is 32.2. The SMILES string of the molecule is CCCCC1SC(=Nc2ccccc2)N(S(=O)(=O)c2ccc(C)cc2)C1=O. The van der Waals surface area contributed by atoms with Crippen LogP contribution in [0.2, 0.25) is 0 Å². The van der Waals surface area contributed by atoms with Gasteiger partial charge in [0, 0.05) is 0 Å². The molecule has 1 amide bonds. The van der Waals surface area contributed by atoms with Gasteiger partial charge in [0.25, 0.3) is 15.9 Å². The lowest BCUT2D eigenvalue weighted by Crippen LogP contribution is -2.37. The Morgan fingerprint density at radius 3 is 2.37 bits per heavy atom. The van der Waals surface area contributed by atoms with Crippen LogP contribution in [0.25, 0.3) is 0 Å². The molecule has 0 N–H and O–H groups in total. The van der Waals surface area contributed by atoms with Crippen molar-refractivity contribution in [3.63, 3.8) is 0 Å². The summed E-state index contributed by atoms with van der Waals surface area (Å²) in [6.07, 6.45) is 2.44. The molecule has 3 rings (SSSR count). The molecule has 1 atom stereocenters. The van der Waals surface area contributed by atoms with Crippen LogP contribution in [0.5, 0.6) is 0 Å². The zero-order valence-corrected chi connectivity index (χ0v) is 17.0. The monoisotopic (exact) mass is 402 g/mol. The number of amidine groups is 1. The van der Waals surface area contributed by atoms with Crippen molar-refractivity contribution in [2.75, 3.05) is 0 Å². The Hall–Kier alpha value is -2.12. The number of sulfonamides is 1. The van der Waals surface area contributed by atoms with E-state index in [1.807, 2.05) is 32.0 Å². The first-order valence-electron chi connectivity index (χ1n) is 8.89. The van der Waals surface area contributed by atoms with Gasteiger partial charge >= 0.3 is 0 Å². The van der Waals surface area contributed by atoms with Crippen molar-refractivity contribution in [2.45, 2.75) is 43.3 Å². The number of benzene rings is 2. The number of amides is 1. The predicted octanol–water partition coefficient (Wildman–Crippen LogP) is 4.51. The van der Waals surface area contributed by atoms with Crippen LogP contribution >= 0.6 is 11.8 Å². The second kappa shape index (κ2) is 8.27. The largest absolute Gasteiger partial charge is 0.272 e. The van der Waals surface area contributed by atoms with Crippen LogP contribution < -0.4 is 0 Å². The van der Waals surface area contributed by atoms with Gasteiger partial charge in [-0.25, -0.2) is 13.4 Å². The van der Waals surface area contributed by atoms with E-state index in [1.54, 1.807) is 24.3 Å². The van der Waals surface area contributed by atoms with Crippen molar-refractivity contribution in [3.8, 4) is 0 Å². The number of aliphatic imine (C=N–C) groups is 1. The number of unbranched alkanes of at least 4 members (excludes halogenated alkanes) is 1. The minimum atomic E-state index is -4.00. The average molecular weight is 403 g/mol. The molecule has 1 aliphatic rings. The number of thioether (sulfide) groups is 1. The van der Waals surface area contributed by atoms with Crippen LogP contribution in [0.3, 0.4) is 0 Å². The summed E-state index contributed by atoms with van der Waals surface area (Å²) in [4.78, 5) is 17.5. The number of aryl methyl sites for hydroxylation is 1. The van der Waals surface area contributed by atoms with Crippen LogP contribution in [-0.4, -0.2) is 29.0 Å². The standard InChI is InChI=1S/C20H22N2O3S2/c1-3-4-10-18-19(23)22(20(26-18)21-16-8-6-5-7-9-16)27(24,25)17-13-11-15(2)12-14-17/h5-9,11-14,18H,3-4,10H2,1-2H3. The molecule has 1 fully saturated rings. The van der Waals surface area contributed by atoms with Crippen molar-refractivity contribution < 1.29 is 13.2 Å². The number of rotatable bonds is 6. The minimum absolute atomic E-state index is 0.0963. The molecule has 0 aliphatic carbocycles. The fourth-order valence-corrected chi connectivity index (χ4v) is 5.62. The van der Waals surface area contributed by atoms with Gasteiger partial charge in [-0.3, -0.25) is 4.79 Å². The third kappa shape index (κ3) is 4.25. The smallest absolute Gasteiger partial charge is 0.272 e. The molecule has 2 aromatic rings. The molecule has 0 bridgehead atoms. The van der Waals surface area contributed by atoms with E-state index in [2.05, 4.69) is 4.99 Å². The molecule has 0 spiro atoms. The Balaban J connectivity index is 2.03. The Morgan fingerprint density at radius 2 is 1.74 bits per heavy atom. The van der Waals surface area contributed by atoms with E-state index in [-0.39, 0.29) is 10.1 Å². The number of carbonyl (C=O) groups excluding carboxylic acids is 1. The van der Waals surface area contributed by atoms with Gasteiger partial charge in [-0.15, -0.1) is 0 Å². The quantitative estimate of drug-likeness (QED) is 0.713. The zero-order valence-electron chi connectivity index (χ0n) is 15.3. The first-order chi connectivity index (χ1) is 12.9. The van der Waals surface area contributed by atoms with Crippen LogP contribution in [0.1, 0.15) is 31.7 Å². The normalized spacial score (nSPS) is 19.0. The molecular weight excluding hydrogens is 380 g/mol. The van der Waals surface area contributed by atoms with Crippen molar-refractivity contribution in [1.82, 2.24) is 4.31 Å². The van der Waals surface area contributed by atoms with Gasteiger partial charge in [0.2, 0.25) is 0 Å². The second-order valence-electron chi connectivity index (χ2n) is 6.40. The Kier molecular flexibility index (Phi) is 6.01. The van der Waals surface area contributed by atoms with Gasteiger partial charge < -0.3 is 0 Å². The van der Waals surface area contributed by atoms with E-state index in [9.17, 15) is 13.2 Å². The molecule has 1 aliphatic heterocycles. The lowest BCUT2D eigenvalue weighted by Gasteiger charge is -2.17. The minimum Gasteiger partial charge on any atom is -0.272 e. The number of para-hydroxylation sites is 1. The highest BCUT2D eigenvalue weighted by Gasteiger charge is 2.45. The van der Waals surface area contributed by atoms with Gasteiger partial charge in [-0.05, 0) is 37.6 Å². The first kappa shape index (κ1) is 19.6. The predicted molar refractivity (Wildman–Crippen MR) is 110 cm³/mol. The van der Waals surface area contributed by atoms with Gasteiger partial charge in [0.1, 0.15) is 0 Å². The van der Waals surface area contributed by atoms with Crippen molar-refractivity contribution in [3.05, 3.63) is 60.2 Å². The molecule has 1 unspecified atom stereocenters. The summed E-state index contributed by atoms with van der Waals surface area (Å²) < 4.78 is 27.3. The lowest BCUT2D eigenvalue weighted by atomic mass is 10.2. The third-order valence-electron chi connectivity index (χ3n) is 4.26. The molecule has 1 saturated heterocycles. The van der Waals surface area contributed by atoms with Crippen LogP contribution in [0.15, 0.2) is 64.5 Å². The molecule has 142 valence electrons. The summed E-state index contributed by atoms with van der Waals surface area (Å²) in [6, 6.07) is 15.6. The van der Waals surface area contributed by atoms with Gasteiger partial charge in [-0.1, -0.05) is 67.4 Å². The molecule has 27 heavy (non-hydrogen) atoms. The van der Waals surface area contributed by atoms with Crippen LogP contribution in [0.4, 0.5) is 5.69 Å². The maximum absolute atomic E-state index is 13.2. The van der Waals surface area contributed by atoms with Crippen molar-refractivity contribution in [2.24, 2.45) is 4.99 Å². The van der Waals surface area contributed by atoms with E-state index in [0.717, 1.165) is 22.7 Å². The Bertz CT molecular complexity index is 939. The summed E-state index contributed by atoms with van der Waals surface area (Å²) in [7, 11) is -4.00. The second-order valence-corrected chi connectivity index (χ2v) is 9.36. The molecule has 1 heterocycles. The Labute approximate surface area is 164 Å². The topological polar surface area (TPSA) is 66.8 Å². The summed E-state index contributed by atoms with van der Waals surface area (Å²) in [6.45, 7) is 3.93. The molecule has 0 saturated carbocycles. The number of carbonyl (C=O) groups is 1. The fraction of sp³-hybridized carbons (Fsp3) is 0.300. The molecule has 2 aromatic carbocycles. The van der Waals surface area contributed by atoms with E-state index in [0.29, 0.717) is 12.1 Å². The first-order valence-corrected chi connectivity index (χ1v) is 11.2. The van der Waals surface area contributed by atoms with E-state index >= 15 is 0 Å². The molecular formula is C20H22N2O3S2. The maximum Gasteiger partial charge on any atom is 0.272 e. The number of hydrogen-bond donors (Lipinski definition) is 0. The number of nitrogens with zero attached hydrogens (tertiary/aromatic N) is 2. The molecule has 5 nitrogen and oxygen atoms in total. The van der Waals surface area contributed by atoms with Gasteiger partial charge in [0.15, 0.2) is 5.17 Å². The summed E-state index contributed by atoms with van der Waals surface area (Å²) in [5.74, 6) is -0.413. The van der Waals surface area contributed by atoms with E-state index < -0.39 is 21.2 Å². The number of hydrogen-bond acceptors (Lipinski definition) is 5. The fourth-order valence-electron chi connectivity index (χ4n) is 2.74. The van der Waals surface area contributed by atoms with E-state index in [4.69, 9.17) is 0 Å².